The summed E-state index contributed by atoms with van der Waals surface area (Å²) in [7, 11) is 0. The molecule has 0 radical (unpaired) electrons. The number of rotatable bonds is 5. The van der Waals surface area contributed by atoms with Gasteiger partial charge in [-0.15, -0.1) is 0 Å². The SMILES string of the molecule is NCCc1cccc(Br)c1OCCC(F)(F)F. The van der Waals surface area contributed by atoms with Crippen LogP contribution in [0.15, 0.2) is 22.7 Å². The van der Waals surface area contributed by atoms with Crippen LogP contribution in [-0.4, -0.2) is 19.3 Å². The number of hydrogen-bond acceptors (Lipinski definition) is 2. The van der Waals surface area contributed by atoms with E-state index in [-0.39, 0.29) is 6.61 Å². The van der Waals surface area contributed by atoms with E-state index in [9.17, 15) is 13.2 Å². The van der Waals surface area contributed by atoms with E-state index in [1.54, 1.807) is 18.2 Å². The maximum atomic E-state index is 12.0. The highest BCUT2D eigenvalue weighted by molar-refractivity contribution is 9.10. The van der Waals surface area contributed by atoms with Crippen LogP contribution in [0.5, 0.6) is 5.75 Å². The second-order valence-electron chi connectivity index (χ2n) is 3.48. The van der Waals surface area contributed by atoms with E-state index in [0.29, 0.717) is 23.2 Å². The molecule has 0 bridgehead atoms. The Hall–Kier alpha value is -0.750. The molecule has 1 aromatic rings. The molecule has 0 amide bonds. The van der Waals surface area contributed by atoms with Crippen molar-refractivity contribution < 1.29 is 17.9 Å². The van der Waals surface area contributed by atoms with Gasteiger partial charge in [-0.2, -0.15) is 13.2 Å². The summed E-state index contributed by atoms with van der Waals surface area (Å²) in [6, 6.07) is 5.31. The first-order chi connectivity index (χ1) is 7.94. The molecule has 0 aliphatic rings. The molecule has 0 spiro atoms. The number of nitrogens with two attached hydrogens (primary N) is 1. The van der Waals surface area contributed by atoms with Crippen LogP contribution in [0.2, 0.25) is 0 Å². The summed E-state index contributed by atoms with van der Waals surface area (Å²) in [6.07, 6.45) is -4.59. The number of halogens is 4. The van der Waals surface area contributed by atoms with Crippen molar-refractivity contribution in [3.05, 3.63) is 28.2 Å². The van der Waals surface area contributed by atoms with Crippen LogP contribution in [0.25, 0.3) is 0 Å². The Morgan fingerprint density at radius 2 is 2.00 bits per heavy atom. The molecule has 0 heterocycles. The van der Waals surface area contributed by atoms with Gasteiger partial charge in [0, 0.05) is 0 Å². The highest BCUT2D eigenvalue weighted by Gasteiger charge is 2.27. The van der Waals surface area contributed by atoms with Crippen LogP contribution in [-0.2, 0) is 6.42 Å². The average Bonchev–Trinajstić information content (AvgIpc) is 2.21. The lowest BCUT2D eigenvalue weighted by Gasteiger charge is -2.13. The quantitative estimate of drug-likeness (QED) is 0.905. The van der Waals surface area contributed by atoms with Gasteiger partial charge in [0.1, 0.15) is 5.75 Å². The molecule has 17 heavy (non-hydrogen) atoms. The van der Waals surface area contributed by atoms with Crippen LogP contribution in [0, 0.1) is 0 Å². The van der Waals surface area contributed by atoms with E-state index in [4.69, 9.17) is 10.5 Å². The normalized spacial score (nSPS) is 11.6. The van der Waals surface area contributed by atoms with E-state index in [0.717, 1.165) is 5.56 Å². The molecule has 0 saturated carbocycles. The molecule has 0 unspecified atom stereocenters. The van der Waals surface area contributed by atoms with Gasteiger partial charge in [0.05, 0.1) is 17.5 Å². The lowest BCUT2D eigenvalue weighted by Crippen LogP contribution is -2.14. The van der Waals surface area contributed by atoms with Crippen molar-refractivity contribution in [2.45, 2.75) is 19.0 Å². The third kappa shape index (κ3) is 4.95. The summed E-state index contributed by atoms with van der Waals surface area (Å²) < 4.78 is 41.8. The number of alkyl halides is 3. The Bertz CT molecular complexity index is 368. The van der Waals surface area contributed by atoms with Crippen molar-refractivity contribution in [1.82, 2.24) is 0 Å². The zero-order valence-electron chi connectivity index (χ0n) is 9.06. The van der Waals surface area contributed by atoms with Gasteiger partial charge >= 0.3 is 6.18 Å². The van der Waals surface area contributed by atoms with Gasteiger partial charge < -0.3 is 10.5 Å². The van der Waals surface area contributed by atoms with E-state index < -0.39 is 12.6 Å². The summed E-state index contributed by atoms with van der Waals surface area (Å²) in [6.45, 7) is 0.0375. The molecule has 1 rings (SSSR count). The molecule has 96 valence electrons. The van der Waals surface area contributed by atoms with Crippen LogP contribution in [0.1, 0.15) is 12.0 Å². The minimum absolute atomic E-state index is 0.385. The van der Waals surface area contributed by atoms with Gasteiger partial charge in [0.15, 0.2) is 0 Å². The van der Waals surface area contributed by atoms with Crippen LogP contribution < -0.4 is 10.5 Å². The van der Waals surface area contributed by atoms with Gasteiger partial charge in [-0.1, -0.05) is 12.1 Å². The van der Waals surface area contributed by atoms with Gasteiger partial charge in [-0.3, -0.25) is 0 Å². The Balaban J connectivity index is 2.68. The lowest BCUT2D eigenvalue weighted by atomic mass is 10.1. The molecule has 0 fully saturated rings. The van der Waals surface area contributed by atoms with Crippen molar-refractivity contribution in [3.63, 3.8) is 0 Å². The molecule has 0 aromatic heterocycles. The fourth-order valence-electron chi connectivity index (χ4n) is 1.34. The Labute approximate surface area is 106 Å². The highest BCUT2D eigenvalue weighted by Crippen LogP contribution is 2.30. The third-order valence-corrected chi connectivity index (χ3v) is 2.72. The molecule has 0 atom stereocenters. The zero-order chi connectivity index (χ0) is 12.9. The second-order valence-corrected chi connectivity index (χ2v) is 4.33. The van der Waals surface area contributed by atoms with Gasteiger partial charge in [-0.05, 0) is 40.5 Å². The zero-order valence-corrected chi connectivity index (χ0v) is 10.6. The van der Waals surface area contributed by atoms with Crippen molar-refractivity contribution >= 4 is 15.9 Å². The number of para-hydroxylation sites is 1. The fraction of sp³-hybridized carbons (Fsp3) is 0.455. The lowest BCUT2D eigenvalue weighted by molar-refractivity contribution is -0.139. The molecular weight excluding hydrogens is 299 g/mol. The number of hydrogen-bond donors (Lipinski definition) is 1. The van der Waals surface area contributed by atoms with Gasteiger partial charge in [-0.25, -0.2) is 0 Å². The first-order valence-corrected chi connectivity index (χ1v) is 5.90. The molecule has 6 heteroatoms. The molecule has 2 nitrogen and oxygen atoms in total. The predicted molar refractivity (Wildman–Crippen MR) is 63.1 cm³/mol. The number of ether oxygens (including phenoxy) is 1. The topological polar surface area (TPSA) is 35.2 Å². The van der Waals surface area contributed by atoms with Crippen LogP contribution >= 0.6 is 15.9 Å². The van der Waals surface area contributed by atoms with Crippen molar-refractivity contribution in [2.75, 3.05) is 13.2 Å². The van der Waals surface area contributed by atoms with E-state index in [2.05, 4.69) is 15.9 Å². The first-order valence-electron chi connectivity index (χ1n) is 5.11. The molecule has 0 aliphatic heterocycles. The van der Waals surface area contributed by atoms with Crippen molar-refractivity contribution in [3.8, 4) is 5.75 Å². The summed E-state index contributed by atoms with van der Waals surface area (Å²) in [5.41, 5.74) is 6.24. The second kappa shape index (κ2) is 6.26. The Morgan fingerprint density at radius 1 is 1.29 bits per heavy atom. The first kappa shape index (κ1) is 14.3. The third-order valence-electron chi connectivity index (χ3n) is 2.09. The monoisotopic (exact) mass is 311 g/mol. The van der Waals surface area contributed by atoms with Crippen molar-refractivity contribution in [2.24, 2.45) is 5.73 Å². The highest BCUT2D eigenvalue weighted by atomic mass is 79.9. The van der Waals surface area contributed by atoms with E-state index >= 15 is 0 Å². The van der Waals surface area contributed by atoms with Crippen LogP contribution in [0.3, 0.4) is 0 Å². The maximum absolute atomic E-state index is 12.0. The summed E-state index contributed by atoms with van der Waals surface area (Å²) >= 11 is 3.25. The minimum atomic E-state index is -4.20. The summed E-state index contributed by atoms with van der Waals surface area (Å²) in [5.74, 6) is 0.446. The smallest absolute Gasteiger partial charge is 0.392 e. The van der Waals surface area contributed by atoms with Gasteiger partial charge in [0.25, 0.3) is 0 Å². The summed E-state index contributed by atoms with van der Waals surface area (Å²) in [5, 5.41) is 0. The molecular formula is C11H13BrF3NO. The standard InChI is InChI=1S/C11H13BrF3NO/c12-9-3-1-2-8(4-6-16)10(9)17-7-5-11(13,14)15/h1-3H,4-7,16H2. The molecule has 0 aliphatic carbocycles. The van der Waals surface area contributed by atoms with Gasteiger partial charge in [0.2, 0.25) is 0 Å². The fourth-order valence-corrected chi connectivity index (χ4v) is 1.86. The van der Waals surface area contributed by atoms with Crippen molar-refractivity contribution in [1.29, 1.82) is 0 Å². The van der Waals surface area contributed by atoms with E-state index in [1.165, 1.54) is 0 Å². The van der Waals surface area contributed by atoms with Crippen LogP contribution in [0.4, 0.5) is 13.2 Å². The Kier molecular flexibility index (Phi) is 5.27. The molecule has 1 aromatic carbocycles. The predicted octanol–water partition coefficient (Wildman–Crippen LogP) is 3.28. The number of benzene rings is 1. The Morgan fingerprint density at radius 3 is 2.59 bits per heavy atom. The maximum Gasteiger partial charge on any atom is 0.392 e. The van der Waals surface area contributed by atoms with E-state index in [1.807, 2.05) is 0 Å². The molecule has 0 saturated heterocycles. The average molecular weight is 312 g/mol. The largest absolute Gasteiger partial charge is 0.492 e. The minimum Gasteiger partial charge on any atom is -0.492 e. The molecule has 2 N–H and O–H groups in total. The summed E-state index contributed by atoms with van der Waals surface area (Å²) in [4.78, 5) is 0.